The largest absolute Gasteiger partial charge is 0.495 e. The summed E-state index contributed by atoms with van der Waals surface area (Å²) in [6.45, 7) is 1.85. The van der Waals surface area contributed by atoms with Crippen LogP contribution in [0.1, 0.15) is 41.9 Å². The predicted octanol–water partition coefficient (Wildman–Crippen LogP) is 2.32. The molecule has 0 bridgehead atoms. The van der Waals surface area contributed by atoms with Crippen molar-refractivity contribution >= 4 is 23.1 Å². The molecule has 8 nitrogen and oxygen atoms in total. The first-order valence-corrected chi connectivity index (χ1v) is 9.08. The van der Waals surface area contributed by atoms with E-state index >= 15 is 0 Å². The molecule has 1 fully saturated rings. The van der Waals surface area contributed by atoms with Crippen LogP contribution in [-0.2, 0) is 0 Å². The van der Waals surface area contributed by atoms with Gasteiger partial charge in [0.1, 0.15) is 11.6 Å². The maximum Gasteiger partial charge on any atom is 0.269 e. The quantitative estimate of drug-likeness (QED) is 0.614. The molecule has 2 aromatic heterocycles. The summed E-state index contributed by atoms with van der Waals surface area (Å²) in [5, 5.41) is 6.57. The number of aromatic nitrogens is 2. The second kappa shape index (κ2) is 8.22. The van der Waals surface area contributed by atoms with E-state index < -0.39 is 5.91 Å². The zero-order valence-electron chi connectivity index (χ0n) is 15.7. The molecule has 27 heavy (non-hydrogen) atoms. The van der Waals surface area contributed by atoms with E-state index in [1.54, 1.807) is 19.4 Å². The monoisotopic (exact) mass is 370 g/mol. The van der Waals surface area contributed by atoms with E-state index in [1.165, 1.54) is 0 Å². The van der Waals surface area contributed by atoms with E-state index in [2.05, 4.69) is 20.6 Å². The predicted molar refractivity (Wildman–Crippen MR) is 105 cm³/mol. The first-order chi connectivity index (χ1) is 13.0. The Morgan fingerprint density at radius 1 is 1.30 bits per heavy atom. The van der Waals surface area contributed by atoms with Crippen LogP contribution in [0.25, 0.3) is 0 Å². The highest BCUT2D eigenvalue weighted by molar-refractivity contribution is 5.97. The topological polar surface area (TPSA) is 128 Å². The number of hydrogen-bond donors (Lipinski definition) is 4. The summed E-state index contributed by atoms with van der Waals surface area (Å²) in [4.78, 5) is 20.4. The van der Waals surface area contributed by atoms with Gasteiger partial charge in [-0.25, -0.2) is 9.97 Å². The van der Waals surface area contributed by atoms with E-state index in [0.717, 1.165) is 37.1 Å². The van der Waals surface area contributed by atoms with Crippen LogP contribution in [0.5, 0.6) is 5.75 Å². The summed E-state index contributed by atoms with van der Waals surface area (Å²) in [5.74, 6) is 0.656. The number of aryl methyl sites for hydroxylation is 1. The van der Waals surface area contributed by atoms with E-state index in [0.29, 0.717) is 17.3 Å². The van der Waals surface area contributed by atoms with E-state index in [-0.39, 0.29) is 17.8 Å². The van der Waals surface area contributed by atoms with Gasteiger partial charge in [-0.15, -0.1) is 0 Å². The fraction of sp³-hybridized carbons (Fsp3) is 0.421. The van der Waals surface area contributed by atoms with Gasteiger partial charge in [0.2, 0.25) is 0 Å². The number of carbonyl (C=O) groups is 1. The molecule has 2 heterocycles. The number of anilines is 3. The number of primary amides is 1. The third-order valence-corrected chi connectivity index (χ3v) is 4.81. The Morgan fingerprint density at radius 2 is 2.07 bits per heavy atom. The normalized spacial score (nSPS) is 19.4. The third kappa shape index (κ3) is 4.46. The molecule has 1 aliphatic carbocycles. The lowest BCUT2D eigenvalue weighted by Crippen LogP contribution is -2.42. The molecule has 1 aliphatic rings. The lowest BCUT2D eigenvalue weighted by Gasteiger charge is -2.30. The highest BCUT2D eigenvalue weighted by Gasteiger charge is 2.22. The van der Waals surface area contributed by atoms with E-state index in [1.807, 2.05) is 19.1 Å². The van der Waals surface area contributed by atoms with Crippen molar-refractivity contribution in [3.63, 3.8) is 0 Å². The molecule has 6 N–H and O–H groups in total. The molecule has 8 heteroatoms. The Morgan fingerprint density at radius 3 is 2.74 bits per heavy atom. The molecule has 0 spiro atoms. The van der Waals surface area contributed by atoms with Crippen LogP contribution >= 0.6 is 0 Å². The molecule has 0 saturated heterocycles. The summed E-state index contributed by atoms with van der Waals surface area (Å²) in [6.07, 6.45) is 5.94. The minimum atomic E-state index is -0.608. The molecule has 2 atom stereocenters. The van der Waals surface area contributed by atoms with Gasteiger partial charge in [-0.2, -0.15) is 0 Å². The number of nitrogens with one attached hydrogen (secondary N) is 2. The van der Waals surface area contributed by atoms with Crippen molar-refractivity contribution < 1.29 is 9.53 Å². The SMILES string of the molecule is COc1ccc(Nc2cc(N[C@@H]3CCCC[C@@H]3N)cnc2C(N)=O)nc1C. The van der Waals surface area contributed by atoms with Crippen LogP contribution in [0, 0.1) is 6.92 Å². The molecular weight excluding hydrogens is 344 g/mol. The smallest absolute Gasteiger partial charge is 0.269 e. The Labute approximate surface area is 158 Å². The Kier molecular flexibility index (Phi) is 5.75. The molecule has 0 radical (unpaired) electrons. The van der Waals surface area contributed by atoms with Gasteiger partial charge in [-0.3, -0.25) is 4.79 Å². The van der Waals surface area contributed by atoms with E-state index in [9.17, 15) is 4.79 Å². The Hall–Kier alpha value is -2.87. The number of rotatable bonds is 6. The molecule has 1 amide bonds. The van der Waals surface area contributed by atoms with Gasteiger partial charge in [-0.1, -0.05) is 12.8 Å². The lowest BCUT2D eigenvalue weighted by atomic mass is 9.91. The number of amides is 1. The van der Waals surface area contributed by atoms with Gasteiger partial charge >= 0.3 is 0 Å². The van der Waals surface area contributed by atoms with Crippen LogP contribution in [0.15, 0.2) is 24.4 Å². The summed E-state index contributed by atoms with van der Waals surface area (Å²) < 4.78 is 5.23. The van der Waals surface area contributed by atoms with Gasteiger partial charge in [-0.05, 0) is 38.0 Å². The number of nitrogens with two attached hydrogens (primary N) is 2. The number of methoxy groups -OCH3 is 1. The Bertz CT molecular complexity index is 826. The van der Waals surface area contributed by atoms with Crippen molar-refractivity contribution in [3.05, 3.63) is 35.8 Å². The molecule has 0 aliphatic heterocycles. The van der Waals surface area contributed by atoms with Crippen LogP contribution in [-0.4, -0.2) is 35.1 Å². The average Bonchev–Trinajstić information content (AvgIpc) is 2.64. The average molecular weight is 370 g/mol. The molecule has 0 aromatic carbocycles. The second-order valence-corrected chi connectivity index (χ2v) is 6.79. The maximum absolute atomic E-state index is 11.8. The number of carbonyl (C=O) groups excluding carboxylic acids is 1. The van der Waals surface area contributed by atoms with Crippen molar-refractivity contribution in [3.8, 4) is 5.75 Å². The molecule has 0 unspecified atom stereocenters. The zero-order chi connectivity index (χ0) is 19.4. The first-order valence-electron chi connectivity index (χ1n) is 9.08. The molecule has 2 aromatic rings. The second-order valence-electron chi connectivity index (χ2n) is 6.79. The van der Waals surface area contributed by atoms with Crippen molar-refractivity contribution in [1.29, 1.82) is 0 Å². The molecule has 1 saturated carbocycles. The minimum Gasteiger partial charge on any atom is -0.495 e. The summed E-state index contributed by atoms with van der Waals surface area (Å²) >= 11 is 0. The van der Waals surface area contributed by atoms with Crippen LogP contribution in [0.2, 0.25) is 0 Å². The zero-order valence-corrected chi connectivity index (χ0v) is 15.7. The van der Waals surface area contributed by atoms with Crippen LogP contribution in [0.3, 0.4) is 0 Å². The first kappa shape index (κ1) is 18.9. The summed E-state index contributed by atoms with van der Waals surface area (Å²) in [6, 6.07) is 5.69. The third-order valence-electron chi connectivity index (χ3n) is 4.81. The van der Waals surface area contributed by atoms with Crippen molar-refractivity contribution in [1.82, 2.24) is 9.97 Å². The molecule has 3 rings (SSSR count). The van der Waals surface area contributed by atoms with Crippen molar-refractivity contribution in [2.75, 3.05) is 17.7 Å². The van der Waals surface area contributed by atoms with Gasteiger partial charge in [0.15, 0.2) is 5.69 Å². The number of nitrogens with zero attached hydrogens (tertiary/aromatic N) is 2. The number of ether oxygens (including phenoxy) is 1. The highest BCUT2D eigenvalue weighted by Crippen LogP contribution is 2.26. The van der Waals surface area contributed by atoms with Crippen molar-refractivity contribution in [2.24, 2.45) is 11.5 Å². The number of hydrogen-bond acceptors (Lipinski definition) is 7. The van der Waals surface area contributed by atoms with E-state index in [4.69, 9.17) is 16.2 Å². The summed E-state index contributed by atoms with van der Waals surface area (Å²) in [7, 11) is 1.59. The van der Waals surface area contributed by atoms with Crippen LogP contribution < -0.4 is 26.8 Å². The number of pyridine rings is 2. The maximum atomic E-state index is 11.8. The van der Waals surface area contributed by atoms with Crippen molar-refractivity contribution in [2.45, 2.75) is 44.7 Å². The Balaban J connectivity index is 1.85. The highest BCUT2D eigenvalue weighted by atomic mass is 16.5. The lowest BCUT2D eigenvalue weighted by molar-refractivity contribution is 0.0996. The van der Waals surface area contributed by atoms with Gasteiger partial charge in [0, 0.05) is 12.1 Å². The fourth-order valence-electron chi connectivity index (χ4n) is 3.36. The minimum absolute atomic E-state index is 0.108. The molecular formula is C19H26N6O2. The van der Waals surface area contributed by atoms with Gasteiger partial charge in [0.25, 0.3) is 5.91 Å². The molecule has 144 valence electrons. The standard InChI is InChI=1S/C19H26N6O2/c1-11-16(27-2)7-8-17(23-11)25-15-9-12(10-22-18(15)19(21)26)24-14-6-4-3-5-13(14)20/h7-10,13-14,24H,3-6,20H2,1-2H3,(H2,21,26)(H,23,25)/t13-,14+/m0/s1. The summed E-state index contributed by atoms with van der Waals surface area (Å²) in [5.41, 5.74) is 13.9. The van der Waals surface area contributed by atoms with Gasteiger partial charge < -0.3 is 26.8 Å². The van der Waals surface area contributed by atoms with Gasteiger partial charge in [0.05, 0.1) is 30.4 Å². The van der Waals surface area contributed by atoms with Crippen LogP contribution in [0.4, 0.5) is 17.2 Å². The fourth-order valence-corrected chi connectivity index (χ4v) is 3.36.